The van der Waals surface area contributed by atoms with Crippen molar-refractivity contribution in [1.82, 2.24) is 0 Å². The molecule has 0 bridgehead atoms. The standard InChI is InChI=1S/C8H7NO3.CH4/c1-6(10)7-2-4-8(5-3-7)9(11)12;/h2-5H,1H3;1H4. The van der Waals surface area contributed by atoms with Gasteiger partial charge < -0.3 is 0 Å². The quantitative estimate of drug-likeness (QED) is 0.400. The molecule has 0 aliphatic carbocycles. The lowest BCUT2D eigenvalue weighted by Crippen LogP contribution is -1.92. The maximum Gasteiger partial charge on any atom is 0.269 e. The Bertz CT molecular complexity index is 283. The first-order valence-corrected chi connectivity index (χ1v) is 3.36. The molecule has 0 saturated carbocycles. The summed E-state index contributed by atoms with van der Waals surface area (Å²) in [5.41, 5.74) is 0.487. The van der Waals surface area contributed by atoms with Crippen LogP contribution in [0.3, 0.4) is 0 Å². The van der Waals surface area contributed by atoms with Crippen LogP contribution in [0.4, 0.5) is 5.69 Å². The van der Waals surface area contributed by atoms with Crippen LogP contribution in [0.2, 0.25) is 0 Å². The van der Waals surface area contributed by atoms with Gasteiger partial charge in [0.2, 0.25) is 0 Å². The van der Waals surface area contributed by atoms with E-state index >= 15 is 0 Å². The van der Waals surface area contributed by atoms with Gasteiger partial charge in [-0.15, -0.1) is 0 Å². The summed E-state index contributed by atoms with van der Waals surface area (Å²) in [5, 5.41) is 10.2. The number of ketones is 1. The van der Waals surface area contributed by atoms with Crippen LogP contribution in [0.1, 0.15) is 24.7 Å². The average molecular weight is 181 g/mol. The Morgan fingerprint density at radius 2 is 1.77 bits per heavy atom. The van der Waals surface area contributed by atoms with Gasteiger partial charge in [0.15, 0.2) is 5.78 Å². The number of Topliss-reactive ketones (excluding diaryl/α,β-unsaturated/α-hetero) is 1. The second-order valence-electron chi connectivity index (χ2n) is 2.36. The van der Waals surface area contributed by atoms with Gasteiger partial charge in [0.1, 0.15) is 0 Å². The van der Waals surface area contributed by atoms with E-state index in [1.165, 1.54) is 31.2 Å². The molecule has 13 heavy (non-hydrogen) atoms. The van der Waals surface area contributed by atoms with Gasteiger partial charge >= 0.3 is 0 Å². The molecule has 0 aliphatic heterocycles. The third-order valence-corrected chi connectivity index (χ3v) is 1.48. The Kier molecular flexibility index (Phi) is 3.78. The SMILES string of the molecule is C.CC(=O)c1ccc([N+](=O)[O-])cc1. The highest BCUT2D eigenvalue weighted by Crippen LogP contribution is 2.11. The second kappa shape index (κ2) is 4.35. The van der Waals surface area contributed by atoms with E-state index in [1.54, 1.807) is 0 Å². The molecule has 0 radical (unpaired) electrons. The number of carbonyl (C=O) groups is 1. The summed E-state index contributed by atoms with van der Waals surface area (Å²) in [6.07, 6.45) is 0. The third-order valence-electron chi connectivity index (χ3n) is 1.48. The van der Waals surface area contributed by atoms with E-state index in [-0.39, 0.29) is 18.9 Å². The predicted molar refractivity (Wildman–Crippen MR) is 49.8 cm³/mol. The minimum absolute atomic E-state index is 0. The number of hydrogen-bond donors (Lipinski definition) is 0. The van der Waals surface area contributed by atoms with Crippen LogP contribution in [-0.4, -0.2) is 10.7 Å². The van der Waals surface area contributed by atoms with Gasteiger partial charge in [0, 0.05) is 17.7 Å². The Morgan fingerprint density at radius 3 is 2.08 bits per heavy atom. The largest absolute Gasteiger partial charge is 0.295 e. The molecule has 0 saturated heterocycles. The van der Waals surface area contributed by atoms with Crippen molar-refractivity contribution in [3.63, 3.8) is 0 Å². The number of hydrogen-bond acceptors (Lipinski definition) is 3. The highest BCUT2D eigenvalue weighted by molar-refractivity contribution is 5.94. The molecule has 1 rings (SSSR count). The Morgan fingerprint density at radius 1 is 1.31 bits per heavy atom. The van der Waals surface area contributed by atoms with E-state index in [0.717, 1.165) is 0 Å². The summed E-state index contributed by atoms with van der Waals surface area (Å²) in [5.74, 6) is -0.0927. The lowest BCUT2D eigenvalue weighted by atomic mass is 10.1. The van der Waals surface area contributed by atoms with Crippen molar-refractivity contribution < 1.29 is 9.72 Å². The molecule has 1 aromatic rings. The highest BCUT2D eigenvalue weighted by Gasteiger charge is 2.05. The number of carbonyl (C=O) groups excluding carboxylic acids is 1. The number of rotatable bonds is 2. The molecular weight excluding hydrogens is 170 g/mol. The first kappa shape index (κ1) is 11.3. The van der Waals surface area contributed by atoms with Crippen LogP contribution in [0, 0.1) is 10.1 Å². The monoisotopic (exact) mass is 181 g/mol. The summed E-state index contributed by atoms with van der Waals surface area (Å²) < 4.78 is 0. The fourth-order valence-electron chi connectivity index (χ4n) is 0.818. The van der Waals surface area contributed by atoms with Crippen LogP contribution in [0.25, 0.3) is 0 Å². The first-order valence-electron chi connectivity index (χ1n) is 3.36. The van der Waals surface area contributed by atoms with Gasteiger partial charge in [-0.25, -0.2) is 0 Å². The van der Waals surface area contributed by atoms with Crippen LogP contribution < -0.4 is 0 Å². The van der Waals surface area contributed by atoms with Crippen molar-refractivity contribution in [3.05, 3.63) is 39.9 Å². The van der Waals surface area contributed by atoms with Crippen molar-refractivity contribution in [1.29, 1.82) is 0 Å². The summed E-state index contributed by atoms with van der Waals surface area (Å²) in [4.78, 5) is 20.5. The Balaban J connectivity index is 0.00000144. The smallest absolute Gasteiger partial charge is 0.269 e. The summed E-state index contributed by atoms with van der Waals surface area (Å²) >= 11 is 0. The van der Waals surface area contributed by atoms with Gasteiger partial charge in [-0.1, -0.05) is 7.43 Å². The zero-order chi connectivity index (χ0) is 9.14. The molecule has 0 aliphatic rings. The molecule has 0 N–H and O–H groups in total. The van der Waals surface area contributed by atoms with Gasteiger partial charge in [-0.2, -0.15) is 0 Å². The molecule has 4 heteroatoms. The molecule has 0 amide bonds. The second-order valence-corrected chi connectivity index (χ2v) is 2.36. The normalized spacial score (nSPS) is 8.69. The predicted octanol–water partition coefficient (Wildman–Crippen LogP) is 2.43. The van der Waals surface area contributed by atoms with E-state index in [0.29, 0.717) is 5.56 Å². The topological polar surface area (TPSA) is 60.2 Å². The van der Waals surface area contributed by atoms with Crippen molar-refractivity contribution in [2.45, 2.75) is 14.4 Å². The summed E-state index contributed by atoms with van der Waals surface area (Å²) in [7, 11) is 0. The number of benzene rings is 1. The van der Waals surface area contributed by atoms with Crippen LogP contribution in [-0.2, 0) is 0 Å². The average Bonchev–Trinajstić information content (AvgIpc) is 2.04. The van der Waals surface area contributed by atoms with Crippen LogP contribution in [0.15, 0.2) is 24.3 Å². The lowest BCUT2D eigenvalue weighted by Gasteiger charge is -1.93. The highest BCUT2D eigenvalue weighted by atomic mass is 16.6. The van der Waals surface area contributed by atoms with E-state index in [1.807, 2.05) is 0 Å². The maximum absolute atomic E-state index is 10.8. The molecule has 0 spiro atoms. The molecule has 0 atom stereocenters. The molecule has 1 aromatic carbocycles. The Labute approximate surface area is 76.3 Å². The van der Waals surface area contributed by atoms with Crippen molar-refractivity contribution in [2.24, 2.45) is 0 Å². The fraction of sp³-hybridized carbons (Fsp3) is 0.222. The van der Waals surface area contributed by atoms with Gasteiger partial charge in [-0.05, 0) is 19.1 Å². The molecule has 70 valence electrons. The maximum atomic E-state index is 10.8. The first-order chi connectivity index (χ1) is 5.61. The van der Waals surface area contributed by atoms with E-state index < -0.39 is 4.92 Å². The number of non-ortho nitro benzene ring substituents is 1. The molecule has 4 nitrogen and oxygen atoms in total. The minimum atomic E-state index is -0.496. The zero-order valence-corrected chi connectivity index (χ0v) is 6.48. The third kappa shape index (κ3) is 2.66. The summed E-state index contributed by atoms with van der Waals surface area (Å²) in [6, 6.07) is 5.52. The van der Waals surface area contributed by atoms with E-state index in [2.05, 4.69) is 0 Å². The van der Waals surface area contributed by atoms with Crippen molar-refractivity contribution >= 4 is 11.5 Å². The van der Waals surface area contributed by atoms with Crippen molar-refractivity contribution in [3.8, 4) is 0 Å². The fourth-order valence-corrected chi connectivity index (χ4v) is 0.818. The number of nitro benzene ring substituents is 1. The van der Waals surface area contributed by atoms with Crippen molar-refractivity contribution in [2.75, 3.05) is 0 Å². The molecule has 0 heterocycles. The van der Waals surface area contributed by atoms with Gasteiger partial charge in [-0.3, -0.25) is 14.9 Å². The van der Waals surface area contributed by atoms with Crippen LogP contribution >= 0.6 is 0 Å². The Hall–Kier alpha value is -1.71. The zero-order valence-electron chi connectivity index (χ0n) is 6.48. The molecule has 0 fully saturated rings. The van der Waals surface area contributed by atoms with E-state index in [9.17, 15) is 14.9 Å². The molecule has 0 unspecified atom stereocenters. The number of nitrogens with zero attached hydrogens (tertiary/aromatic N) is 1. The summed E-state index contributed by atoms with van der Waals surface area (Å²) in [6.45, 7) is 1.42. The minimum Gasteiger partial charge on any atom is -0.295 e. The van der Waals surface area contributed by atoms with E-state index in [4.69, 9.17) is 0 Å². The van der Waals surface area contributed by atoms with Gasteiger partial charge in [0.25, 0.3) is 5.69 Å². The lowest BCUT2D eigenvalue weighted by molar-refractivity contribution is -0.384. The van der Waals surface area contributed by atoms with Crippen LogP contribution in [0.5, 0.6) is 0 Å². The van der Waals surface area contributed by atoms with Gasteiger partial charge in [0.05, 0.1) is 4.92 Å². The molecular formula is C9H11NO3. The number of nitro groups is 1. The molecule has 0 aromatic heterocycles.